The van der Waals surface area contributed by atoms with Crippen molar-refractivity contribution in [3.63, 3.8) is 0 Å². The molecule has 190 valence electrons. The number of aromatic nitrogens is 4. The number of para-hydroxylation sites is 1. The van der Waals surface area contributed by atoms with Crippen LogP contribution in [-0.2, 0) is 19.6 Å². The molecule has 2 aromatic heterocycles. The third kappa shape index (κ3) is 5.43. The van der Waals surface area contributed by atoms with Gasteiger partial charge < -0.3 is 18.8 Å². The van der Waals surface area contributed by atoms with Gasteiger partial charge in [0.15, 0.2) is 11.6 Å². The van der Waals surface area contributed by atoms with Crippen LogP contribution < -0.4 is 9.47 Å². The van der Waals surface area contributed by atoms with Crippen LogP contribution >= 0.6 is 15.9 Å². The molecule has 0 saturated carbocycles. The lowest BCUT2D eigenvalue weighted by Gasteiger charge is -2.18. The summed E-state index contributed by atoms with van der Waals surface area (Å²) in [6.07, 6.45) is 2.26. The number of aromatic amines is 1. The predicted molar refractivity (Wildman–Crippen MR) is 142 cm³/mol. The molecule has 0 aliphatic carbocycles. The molecule has 5 aromatic rings. The first-order valence-corrected chi connectivity index (χ1v) is 12.8. The van der Waals surface area contributed by atoms with E-state index in [0.29, 0.717) is 29.6 Å². The first-order chi connectivity index (χ1) is 18.0. The molecule has 0 aliphatic heterocycles. The van der Waals surface area contributed by atoms with Gasteiger partial charge in [-0.2, -0.15) is 0 Å². The van der Waals surface area contributed by atoms with E-state index in [0.717, 1.165) is 51.0 Å². The molecule has 0 spiro atoms. The summed E-state index contributed by atoms with van der Waals surface area (Å²) in [5.41, 5.74) is 1.70. The standard InChI is InChI=1S/C27H26BrN5O4/c1-3-4-8-23-26(20-7-5-6-9-21(20)36-23)37-27(34)33(2)15-17-10-12-19-18(14-17)11-13-22(25(19)28)35-16-24-29-31-32-30-24/h5-7,9-14H,3-4,8,15-16H2,1-2H3,(H,29,30,31,32). The highest BCUT2D eigenvalue weighted by Gasteiger charge is 2.21. The van der Waals surface area contributed by atoms with Crippen molar-refractivity contribution in [2.75, 3.05) is 7.05 Å². The number of hydrogen-bond acceptors (Lipinski definition) is 7. The molecule has 0 saturated heterocycles. The summed E-state index contributed by atoms with van der Waals surface area (Å²) in [6.45, 7) is 2.74. The quantitative estimate of drug-likeness (QED) is 0.220. The second-order valence-electron chi connectivity index (χ2n) is 8.75. The molecule has 10 heteroatoms. The Hall–Kier alpha value is -3.92. The van der Waals surface area contributed by atoms with Gasteiger partial charge in [0.1, 0.15) is 23.7 Å². The lowest BCUT2D eigenvalue weighted by molar-refractivity contribution is 0.160. The minimum atomic E-state index is -0.434. The number of carbonyl (C=O) groups excluding carboxylic acids is 1. The highest BCUT2D eigenvalue weighted by molar-refractivity contribution is 9.10. The molecule has 0 atom stereocenters. The molecule has 37 heavy (non-hydrogen) atoms. The number of amides is 1. The second kappa shape index (κ2) is 11.0. The van der Waals surface area contributed by atoms with Crippen molar-refractivity contribution in [3.05, 3.63) is 76.2 Å². The number of nitrogens with zero attached hydrogens (tertiary/aromatic N) is 4. The third-order valence-electron chi connectivity index (χ3n) is 6.03. The lowest BCUT2D eigenvalue weighted by Crippen LogP contribution is -2.29. The Morgan fingerprint density at radius 1 is 1.14 bits per heavy atom. The topological polar surface area (TPSA) is 106 Å². The molecule has 9 nitrogen and oxygen atoms in total. The van der Waals surface area contributed by atoms with Gasteiger partial charge in [0.05, 0.1) is 9.86 Å². The van der Waals surface area contributed by atoms with Gasteiger partial charge >= 0.3 is 6.09 Å². The SMILES string of the molecule is CCCCc1oc2ccccc2c1OC(=O)N(C)Cc1ccc2c(Br)c(OCc3nnn[nH]3)ccc2c1. The number of carbonyl (C=O) groups is 1. The first-order valence-electron chi connectivity index (χ1n) is 12.0. The molecule has 0 unspecified atom stereocenters. The van der Waals surface area contributed by atoms with E-state index in [9.17, 15) is 4.79 Å². The van der Waals surface area contributed by atoms with Crippen molar-refractivity contribution < 1.29 is 18.7 Å². The Labute approximate surface area is 221 Å². The number of furan rings is 1. The highest BCUT2D eigenvalue weighted by atomic mass is 79.9. The van der Waals surface area contributed by atoms with Crippen LogP contribution in [0.5, 0.6) is 11.5 Å². The molecule has 2 heterocycles. The number of nitrogens with one attached hydrogen (secondary N) is 1. The smallest absolute Gasteiger partial charge is 0.415 e. The van der Waals surface area contributed by atoms with Crippen molar-refractivity contribution in [2.45, 2.75) is 39.3 Å². The molecule has 0 bridgehead atoms. The van der Waals surface area contributed by atoms with Crippen LogP contribution in [0.15, 0.2) is 63.5 Å². The second-order valence-corrected chi connectivity index (χ2v) is 9.54. The molecule has 0 fully saturated rings. The third-order valence-corrected chi connectivity index (χ3v) is 6.85. The lowest BCUT2D eigenvalue weighted by atomic mass is 10.1. The van der Waals surface area contributed by atoms with E-state index >= 15 is 0 Å². The van der Waals surface area contributed by atoms with Crippen molar-refractivity contribution in [1.29, 1.82) is 0 Å². The van der Waals surface area contributed by atoms with Gasteiger partial charge in [-0.3, -0.25) is 0 Å². The number of rotatable bonds is 9. The van der Waals surface area contributed by atoms with E-state index < -0.39 is 6.09 Å². The monoisotopic (exact) mass is 563 g/mol. The average molecular weight is 564 g/mol. The van der Waals surface area contributed by atoms with Gasteiger partial charge in [0.25, 0.3) is 0 Å². The fraction of sp³-hybridized carbons (Fsp3) is 0.259. The van der Waals surface area contributed by atoms with Crippen molar-refractivity contribution >= 4 is 43.8 Å². The van der Waals surface area contributed by atoms with E-state index in [1.165, 1.54) is 0 Å². The number of ether oxygens (including phenoxy) is 2. The fourth-order valence-electron chi connectivity index (χ4n) is 4.11. The Balaban J connectivity index is 1.29. The molecule has 1 amide bonds. The Kier molecular flexibility index (Phi) is 7.36. The maximum absolute atomic E-state index is 13.0. The number of halogens is 1. The predicted octanol–water partition coefficient (Wildman–Crippen LogP) is 6.41. The zero-order valence-corrected chi connectivity index (χ0v) is 22.1. The van der Waals surface area contributed by atoms with Crippen LogP contribution in [-0.4, -0.2) is 38.7 Å². The summed E-state index contributed by atoms with van der Waals surface area (Å²) in [5.74, 6) is 2.44. The van der Waals surface area contributed by atoms with Crippen LogP contribution in [0.2, 0.25) is 0 Å². The minimum absolute atomic E-state index is 0.230. The molecule has 1 N–H and O–H groups in total. The van der Waals surface area contributed by atoms with Crippen LogP contribution in [0.3, 0.4) is 0 Å². The van der Waals surface area contributed by atoms with Crippen LogP contribution in [0.25, 0.3) is 21.7 Å². The first kappa shape index (κ1) is 24.8. The number of fused-ring (bicyclic) bond motifs is 2. The van der Waals surface area contributed by atoms with Crippen molar-refractivity contribution in [1.82, 2.24) is 25.5 Å². The van der Waals surface area contributed by atoms with Crippen LogP contribution in [0.4, 0.5) is 4.79 Å². The Bertz CT molecular complexity index is 1530. The summed E-state index contributed by atoms with van der Waals surface area (Å²) in [5, 5.41) is 16.4. The summed E-state index contributed by atoms with van der Waals surface area (Å²) in [6, 6.07) is 17.5. The van der Waals surface area contributed by atoms with Gasteiger partial charge in [-0.05, 0) is 73.4 Å². The number of aryl methyl sites for hydroxylation is 1. The average Bonchev–Trinajstić information content (AvgIpc) is 3.55. The van der Waals surface area contributed by atoms with Crippen LogP contribution in [0.1, 0.15) is 36.9 Å². The normalized spacial score (nSPS) is 11.2. The summed E-state index contributed by atoms with van der Waals surface area (Å²) in [7, 11) is 1.73. The van der Waals surface area contributed by atoms with Crippen LogP contribution in [0, 0.1) is 0 Å². The van der Waals surface area contributed by atoms with Gasteiger partial charge in [-0.25, -0.2) is 9.89 Å². The highest BCUT2D eigenvalue weighted by Crippen LogP contribution is 2.36. The largest absolute Gasteiger partial charge is 0.484 e. The fourth-order valence-corrected chi connectivity index (χ4v) is 4.71. The number of hydrogen-bond donors (Lipinski definition) is 1. The van der Waals surface area contributed by atoms with E-state index in [2.05, 4.69) is 43.5 Å². The van der Waals surface area contributed by atoms with Gasteiger partial charge in [-0.15, -0.1) is 5.10 Å². The summed E-state index contributed by atoms with van der Waals surface area (Å²) in [4.78, 5) is 14.6. The van der Waals surface area contributed by atoms with E-state index in [-0.39, 0.29) is 6.61 Å². The van der Waals surface area contributed by atoms with E-state index in [4.69, 9.17) is 13.9 Å². The number of tetrazole rings is 1. The van der Waals surface area contributed by atoms with Crippen molar-refractivity contribution in [3.8, 4) is 11.5 Å². The van der Waals surface area contributed by atoms with Gasteiger partial charge in [0, 0.05) is 20.0 Å². The van der Waals surface area contributed by atoms with E-state index in [1.807, 2.05) is 54.6 Å². The molecular weight excluding hydrogens is 538 g/mol. The maximum atomic E-state index is 13.0. The van der Waals surface area contributed by atoms with Gasteiger partial charge in [-0.1, -0.05) is 43.7 Å². The summed E-state index contributed by atoms with van der Waals surface area (Å²) < 4.78 is 18.5. The zero-order valence-electron chi connectivity index (χ0n) is 20.5. The Morgan fingerprint density at radius 2 is 2.00 bits per heavy atom. The van der Waals surface area contributed by atoms with Gasteiger partial charge in [0.2, 0.25) is 0 Å². The Morgan fingerprint density at radius 3 is 2.81 bits per heavy atom. The molecule has 3 aromatic carbocycles. The number of unbranched alkanes of at least 4 members (excludes halogenated alkanes) is 1. The maximum Gasteiger partial charge on any atom is 0.415 e. The van der Waals surface area contributed by atoms with Crippen molar-refractivity contribution in [2.24, 2.45) is 0 Å². The van der Waals surface area contributed by atoms with E-state index in [1.54, 1.807) is 11.9 Å². The minimum Gasteiger partial charge on any atom is -0.484 e. The number of benzene rings is 3. The molecule has 0 aliphatic rings. The molecule has 5 rings (SSSR count). The molecule has 0 radical (unpaired) electrons. The summed E-state index contributed by atoms with van der Waals surface area (Å²) >= 11 is 3.64. The number of H-pyrrole nitrogens is 1. The zero-order chi connectivity index (χ0) is 25.8. The molecular formula is C27H26BrN5O4.